The molecule has 2 aliphatic heterocycles. The number of hydrogen-bond acceptors (Lipinski definition) is 8. The molecular formula is C25H34ClFN8. The predicted octanol–water partition coefficient (Wildman–Crippen LogP) is 2.45. The summed E-state index contributed by atoms with van der Waals surface area (Å²) in [6.45, 7) is 6.91. The maximum atomic E-state index is 16.1. The largest absolute Gasteiger partial charge is 0.339 e. The van der Waals surface area contributed by atoms with Gasteiger partial charge in [0.25, 0.3) is 0 Å². The molecule has 35 heavy (non-hydrogen) atoms. The Morgan fingerprint density at radius 2 is 2.11 bits per heavy atom. The van der Waals surface area contributed by atoms with Gasteiger partial charge in [0, 0.05) is 62.0 Å². The number of anilines is 2. The Labute approximate surface area is 211 Å². The van der Waals surface area contributed by atoms with Gasteiger partial charge in [-0.05, 0) is 39.6 Å². The number of rotatable bonds is 7. The average Bonchev–Trinajstić information content (AvgIpc) is 2.79. The molecule has 1 aromatic carbocycles. The lowest BCUT2D eigenvalue weighted by atomic mass is 10.1. The molecular weight excluding hydrogens is 467 g/mol. The maximum absolute atomic E-state index is 16.1. The molecule has 4 rings (SSSR count). The summed E-state index contributed by atoms with van der Waals surface area (Å²) in [5, 5.41) is 4.28. The Balaban J connectivity index is 1.89. The lowest BCUT2D eigenvalue weighted by molar-refractivity contribution is 0.245. The monoisotopic (exact) mass is 500 g/mol. The first-order valence-corrected chi connectivity index (χ1v) is 12.4. The zero-order valence-corrected chi connectivity index (χ0v) is 21.7. The fraction of sp³-hybridized carbons (Fsp3) is 0.520. The fourth-order valence-electron chi connectivity index (χ4n) is 4.48. The van der Waals surface area contributed by atoms with Crippen molar-refractivity contribution < 1.29 is 4.39 Å². The van der Waals surface area contributed by atoms with Crippen LogP contribution >= 0.6 is 11.6 Å². The van der Waals surface area contributed by atoms with Gasteiger partial charge >= 0.3 is 0 Å². The number of aromatic nitrogens is 2. The minimum absolute atomic E-state index is 0.206. The van der Waals surface area contributed by atoms with Gasteiger partial charge in [0.1, 0.15) is 17.4 Å². The third-order valence-electron chi connectivity index (χ3n) is 6.72. The molecule has 8 nitrogen and oxygen atoms in total. The van der Waals surface area contributed by atoms with Crippen LogP contribution in [-0.2, 0) is 0 Å². The molecule has 1 aromatic heterocycles. The van der Waals surface area contributed by atoms with Gasteiger partial charge in [-0.2, -0.15) is 4.98 Å². The van der Waals surface area contributed by atoms with E-state index in [-0.39, 0.29) is 17.6 Å². The molecule has 2 aliphatic rings. The van der Waals surface area contributed by atoms with Gasteiger partial charge in [0.2, 0.25) is 5.95 Å². The Morgan fingerprint density at radius 1 is 1.37 bits per heavy atom. The number of terminal acetylenes is 1. The molecule has 2 fully saturated rings. The van der Waals surface area contributed by atoms with E-state index in [4.69, 9.17) is 28.0 Å². The second-order valence-electron chi connectivity index (χ2n) is 9.39. The molecule has 2 saturated heterocycles. The first-order chi connectivity index (χ1) is 16.8. The van der Waals surface area contributed by atoms with Crippen LogP contribution in [0.2, 0.25) is 5.02 Å². The van der Waals surface area contributed by atoms with Crippen LogP contribution in [0, 0.1) is 18.2 Å². The number of nitrogens with zero attached hydrogens (tertiary/aromatic N) is 5. The highest BCUT2D eigenvalue weighted by Crippen LogP contribution is 2.36. The Bertz CT molecular complexity index is 1150. The number of likely N-dealkylation sites (N-methyl/N-ethyl adjacent to an activating group) is 1. The van der Waals surface area contributed by atoms with Crippen molar-refractivity contribution in [3.05, 3.63) is 28.2 Å². The molecule has 0 aliphatic carbocycles. The summed E-state index contributed by atoms with van der Waals surface area (Å²) >= 11 is 6.64. The third-order valence-corrected chi connectivity index (χ3v) is 7.03. The number of hydrazine groups is 1. The van der Waals surface area contributed by atoms with Crippen molar-refractivity contribution >= 4 is 40.3 Å². The normalized spacial score (nSPS) is 21.4. The first-order valence-electron chi connectivity index (χ1n) is 12.0. The van der Waals surface area contributed by atoms with Crippen molar-refractivity contribution in [2.24, 2.45) is 0 Å². The van der Waals surface area contributed by atoms with Crippen LogP contribution in [0.25, 0.3) is 17.0 Å². The Morgan fingerprint density at radius 3 is 2.74 bits per heavy atom. The maximum Gasteiger partial charge on any atom is 0.228 e. The van der Waals surface area contributed by atoms with Crippen molar-refractivity contribution in [3.8, 4) is 12.3 Å². The van der Waals surface area contributed by atoms with Crippen LogP contribution in [0.5, 0.6) is 0 Å². The molecule has 188 valence electrons. The molecule has 10 heteroatoms. The molecule has 2 atom stereocenters. The summed E-state index contributed by atoms with van der Waals surface area (Å²) < 4.78 is 16.1. The van der Waals surface area contributed by atoms with E-state index in [1.54, 1.807) is 19.2 Å². The highest BCUT2D eigenvalue weighted by molar-refractivity contribution is 6.33. The Kier molecular flexibility index (Phi) is 7.67. The van der Waals surface area contributed by atoms with Gasteiger partial charge in [-0.25, -0.2) is 14.8 Å². The molecule has 0 spiro atoms. The van der Waals surface area contributed by atoms with Gasteiger partial charge in [-0.1, -0.05) is 24.4 Å². The number of piperazine rings is 1. The van der Waals surface area contributed by atoms with Crippen LogP contribution in [0.4, 0.5) is 16.2 Å². The van der Waals surface area contributed by atoms with E-state index in [0.717, 1.165) is 18.8 Å². The van der Waals surface area contributed by atoms with E-state index in [1.165, 1.54) is 0 Å². The van der Waals surface area contributed by atoms with Gasteiger partial charge in [-0.3, -0.25) is 0 Å². The zero-order valence-electron chi connectivity index (χ0n) is 21.0. The van der Waals surface area contributed by atoms with Crippen molar-refractivity contribution in [2.45, 2.75) is 38.4 Å². The summed E-state index contributed by atoms with van der Waals surface area (Å²) in [6, 6.07) is 2.16. The van der Waals surface area contributed by atoms with Crippen molar-refractivity contribution in [1.29, 1.82) is 0 Å². The number of halogens is 2. The van der Waals surface area contributed by atoms with E-state index >= 15 is 4.39 Å². The lowest BCUT2D eigenvalue weighted by Gasteiger charge is -2.43. The SMILES string of the molecule is C#C[C@H]1CN[C@H](C)CN1c1nc(N2CC(N(C)C)C2)nc2c(F)c(/C=C(/CC)NNC)c(Cl)cc12. The van der Waals surface area contributed by atoms with Gasteiger partial charge in [-0.15, -0.1) is 6.42 Å². The van der Waals surface area contributed by atoms with Crippen molar-refractivity contribution in [2.75, 3.05) is 57.1 Å². The van der Waals surface area contributed by atoms with Gasteiger partial charge in [0.15, 0.2) is 5.82 Å². The molecule has 0 saturated carbocycles. The van der Waals surface area contributed by atoms with Crippen molar-refractivity contribution in [3.63, 3.8) is 0 Å². The minimum Gasteiger partial charge on any atom is -0.339 e. The molecule has 3 heterocycles. The average molecular weight is 501 g/mol. The van der Waals surface area contributed by atoms with Crippen LogP contribution in [-0.4, -0.2) is 80.3 Å². The van der Waals surface area contributed by atoms with Crippen LogP contribution < -0.4 is 26.0 Å². The molecule has 0 amide bonds. The fourth-order valence-corrected chi connectivity index (χ4v) is 4.72. The predicted molar refractivity (Wildman–Crippen MR) is 142 cm³/mol. The van der Waals surface area contributed by atoms with Crippen molar-refractivity contribution in [1.82, 2.24) is 31.0 Å². The minimum atomic E-state index is -0.466. The summed E-state index contributed by atoms with van der Waals surface area (Å²) in [6.07, 6.45) is 8.28. The molecule has 2 aromatic rings. The van der Waals surface area contributed by atoms with Crippen LogP contribution in [0.3, 0.4) is 0 Å². The van der Waals surface area contributed by atoms with E-state index in [1.807, 2.05) is 6.92 Å². The number of nitrogens with one attached hydrogen (secondary N) is 3. The standard InChI is InChI=1S/C25H34ClFN8/c1-7-16(32-28-4)9-19-21(26)10-20-23(22(19)27)30-25(34-13-18(14-34)33(5)6)31-24(20)35-12-15(3)29-11-17(35)8-2/h2,9-10,15,17-18,28-29,32H,7,11-14H2,1,3-6H3/b16-9-/t15-,17+/m1/s1. The lowest BCUT2D eigenvalue weighted by Crippen LogP contribution is -2.58. The van der Waals surface area contributed by atoms with Gasteiger partial charge in [0.05, 0.1) is 5.02 Å². The summed E-state index contributed by atoms with van der Waals surface area (Å²) in [5.74, 6) is 3.52. The van der Waals surface area contributed by atoms with Crippen LogP contribution in [0.1, 0.15) is 25.8 Å². The molecule has 3 N–H and O–H groups in total. The topological polar surface area (TPSA) is 71.6 Å². The number of hydrogen-bond donors (Lipinski definition) is 3. The Hall–Kier alpha value is -2.64. The quantitative estimate of drug-likeness (QED) is 0.395. The molecule has 0 unspecified atom stereocenters. The highest BCUT2D eigenvalue weighted by Gasteiger charge is 2.33. The van der Waals surface area contributed by atoms with Gasteiger partial charge < -0.3 is 25.4 Å². The molecule has 0 bridgehead atoms. The summed E-state index contributed by atoms with van der Waals surface area (Å²) in [4.78, 5) is 16.0. The number of fused-ring (bicyclic) bond motifs is 1. The second kappa shape index (κ2) is 10.5. The van der Waals surface area contributed by atoms with E-state index in [9.17, 15) is 0 Å². The van der Waals surface area contributed by atoms with E-state index in [0.29, 0.717) is 53.3 Å². The highest BCUT2D eigenvalue weighted by atomic mass is 35.5. The first kappa shape index (κ1) is 25.5. The molecule has 0 radical (unpaired) electrons. The number of allylic oxidation sites excluding steroid dienone is 1. The zero-order chi connectivity index (χ0) is 25.3. The second-order valence-corrected chi connectivity index (χ2v) is 9.80. The van der Waals surface area contributed by atoms with E-state index in [2.05, 4.69) is 57.8 Å². The van der Waals surface area contributed by atoms with Crippen LogP contribution in [0.15, 0.2) is 11.8 Å². The smallest absolute Gasteiger partial charge is 0.228 e. The third kappa shape index (κ3) is 5.02. The number of benzene rings is 1. The summed E-state index contributed by atoms with van der Waals surface area (Å²) in [7, 11) is 5.87. The van der Waals surface area contributed by atoms with E-state index < -0.39 is 5.82 Å². The summed E-state index contributed by atoms with van der Waals surface area (Å²) in [5.41, 5.74) is 7.27.